The molecule has 0 radical (unpaired) electrons. The van der Waals surface area contributed by atoms with E-state index in [2.05, 4.69) is 5.32 Å². The van der Waals surface area contributed by atoms with Crippen LogP contribution in [0.3, 0.4) is 0 Å². The second kappa shape index (κ2) is 13.4. The molecule has 41 heavy (non-hydrogen) atoms. The summed E-state index contributed by atoms with van der Waals surface area (Å²) in [4.78, 5) is 28.9. The van der Waals surface area contributed by atoms with E-state index in [1.165, 1.54) is 17.0 Å². The first-order chi connectivity index (χ1) is 19.6. The summed E-state index contributed by atoms with van der Waals surface area (Å²) >= 11 is 6.17. The molecular weight excluding hydrogens is 562 g/mol. The van der Waals surface area contributed by atoms with Gasteiger partial charge in [0.05, 0.1) is 17.7 Å². The predicted molar refractivity (Wildman–Crippen MR) is 161 cm³/mol. The Balaban J connectivity index is 1.69. The van der Waals surface area contributed by atoms with Gasteiger partial charge in [0.25, 0.3) is 10.0 Å². The van der Waals surface area contributed by atoms with Crippen LogP contribution in [0.1, 0.15) is 43.7 Å². The zero-order valence-electron chi connectivity index (χ0n) is 23.5. The van der Waals surface area contributed by atoms with Crippen molar-refractivity contribution in [3.8, 4) is 5.75 Å². The molecule has 3 aromatic carbocycles. The van der Waals surface area contributed by atoms with Crippen molar-refractivity contribution in [3.05, 3.63) is 88.9 Å². The highest BCUT2D eigenvalue weighted by Crippen LogP contribution is 2.29. The molecule has 0 unspecified atom stereocenters. The molecule has 8 nitrogen and oxygen atoms in total. The minimum atomic E-state index is -4.14. The molecule has 0 spiro atoms. The second-order valence-corrected chi connectivity index (χ2v) is 12.6. The topological polar surface area (TPSA) is 96.0 Å². The Labute approximate surface area is 247 Å². The number of sulfonamides is 1. The van der Waals surface area contributed by atoms with Crippen LogP contribution in [0.15, 0.2) is 77.7 Å². The maximum absolute atomic E-state index is 14.1. The second-order valence-electron chi connectivity index (χ2n) is 10.3. The smallest absolute Gasteiger partial charge is 0.264 e. The molecular formula is C31H36ClN3O5S. The summed E-state index contributed by atoms with van der Waals surface area (Å²) in [6.07, 6.45) is 3.93. The molecule has 0 bridgehead atoms. The van der Waals surface area contributed by atoms with Gasteiger partial charge in [-0.05, 0) is 80.3 Å². The Hall–Kier alpha value is -3.56. The lowest BCUT2D eigenvalue weighted by atomic mass is 10.1. The minimum Gasteiger partial charge on any atom is -0.497 e. The standard InChI is InChI=1S/C31H36ClN3O5S/c1-22-19-25(32)15-18-29(22)35(41(38,39)28-11-5-4-6-12-28)21-30(36)34(20-24-13-16-27(40-3)17-14-24)23(2)31(37)33-26-9-7-8-10-26/h4-6,11-19,23,26H,7-10,20-21H2,1-3H3,(H,33,37)/t23-/m0/s1. The fraction of sp³-hybridized carbons (Fsp3) is 0.355. The number of ether oxygens (including phenoxy) is 1. The highest BCUT2D eigenvalue weighted by Gasteiger charge is 2.33. The number of anilines is 1. The van der Waals surface area contributed by atoms with Crippen molar-refractivity contribution in [2.24, 2.45) is 0 Å². The summed E-state index contributed by atoms with van der Waals surface area (Å²) in [7, 11) is -2.57. The Morgan fingerprint density at radius 1 is 1.02 bits per heavy atom. The van der Waals surface area contributed by atoms with E-state index in [0.29, 0.717) is 22.0 Å². The molecule has 0 saturated heterocycles. The number of nitrogens with one attached hydrogen (secondary N) is 1. The summed E-state index contributed by atoms with van der Waals surface area (Å²) < 4.78 is 34.2. The SMILES string of the molecule is COc1ccc(CN(C(=O)CN(c2ccc(Cl)cc2C)S(=O)(=O)c2ccccc2)[C@@H](C)C(=O)NC2CCCC2)cc1. The van der Waals surface area contributed by atoms with E-state index in [4.69, 9.17) is 16.3 Å². The molecule has 1 aliphatic rings. The summed E-state index contributed by atoms with van der Waals surface area (Å²) in [6.45, 7) is 3.03. The molecule has 0 aromatic heterocycles. The molecule has 1 fully saturated rings. The lowest BCUT2D eigenvalue weighted by Crippen LogP contribution is -2.52. The van der Waals surface area contributed by atoms with Crippen molar-refractivity contribution < 1.29 is 22.7 Å². The first-order valence-corrected chi connectivity index (χ1v) is 15.5. The van der Waals surface area contributed by atoms with Gasteiger partial charge in [0.2, 0.25) is 11.8 Å². The highest BCUT2D eigenvalue weighted by molar-refractivity contribution is 7.92. The van der Waals surface area contributed by atoms with E-state index in [9.17, 15) is 18.0 Å². The molecule has 218 valence electrons. The third-order valence-corrected chi connectivity index (χ3v) is 9.43. The Morgan fingerprint density at radius 3 is 2.29 bits per heavy atom. The van der Waals surface area contributed by atoms with E-state index in [-0.39, 0.29) is 23.4 Å². The van der Waals surface area contributed by atoms with Crippen LogP contribution in [0.25, 0.3) is 0 Å². The zero-order valence-corrected chi connectivity index (χ0v) is 25.1. The minimum absolute atomic E-state index is 0.0517. The maximum atomic E-state index is 14.1. The Bertz CT molecular complexity index is 1460. The normalized spacial score (nSPS) is 14.3. The fourth-order valence-electron chi connectivity index (χ4n) is 5.03. The average molecular weight is 598 g/mol. The molecule has 1 aliphatic carbocycles. The van der Waals surface area contributed by atoms with E-state index in [0.717, 1.165) is 35.6 Å². The Morgan fingerprint density at radius 2 is 1.68 bits per heavy atom. The van der Waals surface area contributed by atoms with Crippen LogP contribution < -0.4 is 14.4 Å². The highest BCUT2D eigenvalue weighted by atomic mass is 35.5. The monoisotopic (exact) mass is 597 g/mol. The van der Waals surface area contributed by atoms with Gasteiger partial charge in [-0.15, -0.1) is 0 Å². The third-order valence-electron chi connectivity index (χ3n) is 7.42. The lowest BCUT2D eigenvalue weighted by molar-refractivity contribution is -0.139. The number of hydrogen-bond acceptors (Lipinski definition) is 5. The lowest BCUT2D eigenvalue weighted by Gasteiger charge is -2.33. The van der Waals surface area contributed by atoms with Crippen molar-refractivity contribution in [3.63, 3.8) is 0 Å². The van der Waals surface area contributed by atoms with Crippen LogP contribution in [0.5, 0.6) is 5.75 Å². The van der Waals surface area contributed by atoms with Crippen molar-refractivity contribution in [2.75, 3.05) is 18.0 Å². The molecule has 1 saturated carbocycles. The third kappa shape index (κ3) is 7.40. The molecule has 3 aromatic rings. The van der Waals surface area contributed by atoms with Gasteiger partial charge >= 0.3 is 0 Å². The van der Waals surface area contributed by atoms with Crippen molar-refractivity contribution in [1.29, 1.82) is 0 Å². The van der Waals surface area contributed by atoms with Crippen LogP contribution in [-0.2, 0) is 26.2 Å². The molecule has 10 heteroatoms. The van der Waals surface area contributed by atoms with Crippen LogP contribution in [-0.4, -0.2) is 50.9 Å². The quantitative estimate of drug-likeness (QED) is 0.322. The van der Waals surface area contributed by atoms with Crippen LogP contribution in [0.2, 0.25) is 5.02 Å². The van der Waals surface area contributed by atoms with Gasteiger partial charge in [0, 0.05) is 17.6 Å². The number of halogens is 1. The van der Waals surface area contributed by atoms with Gasteiger partial charge in [-0.25, -0.2) is 8.42 Å². The number of carbonyl (C=O) groups is 2. The predicted octanol–water partition coefficient (Wildman–Crippen LogP) is 5.33. The summed E-state index contributed by atoms with van der Waals surface area (Å²) in [5.74, 6) is -0.111. The number of hydrogen-bond donors (Lipinski definition) is 1. The van der Waals surface area contributed by atoms with Gasteiger partial charge in [-0.1, -0.05) is 54.8 Å². The molecule has 2 amide bonds. The van der Waals surface area contributed by atoms with Gasteiger partial charge in [0.15, 0.2) is 0 Å². The summed E-state index contributed by atoms with van der Waals surface area (Å²) in [5.41, 5.74) is 1.71. The van der Waals surface area contributed by atoms with Crippen molar-refractivity contribution in [1.82, 2.24) is 10.2 Å². The van der Waals surface area contributed by atoms with E-state index in [1.54, 1.807) is 69.5 Å². The van der Waals surface area contributed by atoms with E-state index in [1.807, 2.05) is 12.1 Å². The van der Waals surface area contributed by atoms with Crippen LogP contribution in [0, 0.1) is 6.92 Å². The van der Waals surface area contributed by atoms with Gasteiger partial charge in [-0.3, -0.25) is 13.9 Å². The molecule has 0 aliphatic heterocycles. The van der Waals surface area contributed by atoms with Crippen molar-refractivity contribution >= 4 is 39.1 Å². The summed E-state index contributed by atoms with van der Waals surface area (Å²) in [5, 5.41) is 3.53. The van der Waals surface area contributed by atoms with Gasteiger partial charge < -0.3 is 15.0 Å². The van der Waals surface area contributed by atoms with Crippen molar-refractivity contribution in [2.45, 2.75) is 63.1 Å². The molecule has 0 heterocycles. The van der Waals surface area contributed by atoms with E-state index < -0.39 is 28.5 Å². The summed E-state index contributed by atoms with van der Waals surface area (Å²) in [6, 6.07) is 19.3. The van der Waals surface area contributed by atoms with Gasteiger partial charge in [-0.2, -0.15) is 0 Å². The number of methoxy groups -OCH3 is 1. The zero-order chi connectivity index (χ0) is 29.6. The largest absolute Gasteiger partial charge is 0.497 e. The average Bonchev–Trinajstić information content (AvgIpc) is 3.48. The molecule has 1 N–H and O–H groups in total. The van der Waals surface area contributed by atoms with Crippen LogP contribution in [0.4, 0.5) is 5.69 Å². The number of rotatable bonds is 11. The van der Waals surface area contributed by atoms with E-state index >= 15 is 0 Å². The number of nitrogens with zero attached hydrogens (tertiary/aromatic N) is 2. The first-order valence-electron chi connectivity index (χ1n) is 13.7. The fourth-order valence-corrected chi connectivity index (χ4v) is 6.76. The molecule has 4 rings (SSSR count). The number of amides is 2. The number of aryl methyl sites for hydroxylation is 1. The van der Waals surface area contributed by atoms with Gasteiger partial charge in [0.1, 0.15) is 18.3 Å². The number of benzene rings is 3. The number of carbonyl (C=O) groups excluding carboxylic acids is 2. The molecule has 1 atom stereocenters. The maximum Gasteiger partial charge on any atom is 0.264 e. The van der Waals surface area contributed by atoms with Crippen LogP contribution >= 0.6 is 11.6 Å². The Kier molecular flexibility index (Phi) is 9.94. The first kappa shape index (κ1) is 30.4.